The highest BCUT2D eigenvalue weighted by Crippen LogP contribution is 2.36. The van der Waals surface area contributed by atoms with Gasteiger partial charge in [0.1, 0.15) is 5.75 Å². The highest BCUT2D eigenvalue weighted by molar-refractivity contribution is 7.80. The molecule has 1 atom stereocenters. The van der Waals surface area contributed by atoms with Crippen molar-refractivity contribution in [2.45, 2.75) is 19.3 Å². The lowest BCUT2D eigenvalue weighted by atomic mass is 9.84. The summed E-state index contributed by atoms with van der Waals surface area (Å²) in [5.41, 5.74) is 2.14. The minimum absolute atomic E-state index is 0.0943. The SMILES string of the molecule is COCCC1CCC(=S)NC(=O)/C=C\1c1cc(C#N)ccc1OC. The number of thiocarbonyl (C=S) groups is 1. The molecule has 5 nitrogen and oxygen atoms in total. The van der Waals surface area contributed by atoms with Crippen LogP contribution in [0, 0.1) is 17.2 Å². The van der Waals surface area contributed by atoms with Crippen LogP contribution in [0.1, 0.15) is 30.4 Å². The van der Waals surface area contributed by atoms with Gasteiger partial charge in [-0.25, -0.2) is 0 Å². The summed E-state index contributed by atoms with van der Waals surface area (Å²) in [6.45, 7) is 0.580. The zero-order valence-electron chi connectivity index (χ0n) is 13.8. The molecular weight excluding hydrogens is 324 g/mol. The van der Waals surface area contributed by atoms with E-state index in [4.69, 9.17) is 21.7 Å². The van der Waals surface area contributed by atoms with E-state index < -0.39 is 0 Å². The third kappa shape index (κ3) is 4.40. The number of methoxy groups -OCH3 is 2. The molecule has 1 aromatic rings. The van der Waals surface area contributed by atoms with Crippen LogP contribution in [0.4, 0.5) is 0 Å². The fraction of sp³-hybridized carbons (Fsp3) is 0.389. The number of hydrogen-bond acceptors (Lipinski definition) is 5. The van der Waals surface area contributed by atoms with Crippen LogP contribution in [-0.2, 0) is 9.53 Å². The van der Waals surface area contributed by atoms with Gasteiger partial charge in [-0.05, 0) is 49.0 Å². The van der Waals surface area contributed by atoms with Crippen LogP contribution in [0.5, 0.6) is 5.75 Å². The van der Waals surface area contributed by atoms with Gasteiger partial charge in [-0.15, -0.1) is 0 Å². The molecule has 1 aromatic carbocycles. The van der Waals surface area contributed by atoms with Crippen LogP contribution in [0.15, 0.2) is 24.3 Å². The molecule has 24 heavy (non-hydrogen) atoms. The summed E-state index contributed by atoms with van der Waals surface area (Å²) in [5, 5.41) is 11.9. The van der Waals surface area contributed by atoms with E-state index in [0.717, 1.165) is 24.0 Å². The second-order valence-electron chi connectivity index (χ2n) is 5.56. The molecule has 0 radical (unpaired) electrons. The van der Waals surface area contributed by atoms with Gasteiger partial charge in [0.2, 0.25) is 5.91 Å². The van der Waals surface area contributed by atoms with Gasteiger partial charge in [-0.1, -0.05) is 12.2 Å². The van der Waals surface area contributed by atoms with Crippen molar-refractivity contribution in [2.75, 3.05) is 20.8 Å². The quantitative estimate of drug-likeness (QED) is 0.832. The lowest BCUT2D eigenvalue weighted by Crippen LogP contribution is -2.30. The monoisotopic (exact) mass is 344 g/mol. The molecule has 126 valence electrons. The molecule has 0 aliphatic carbocycles. The van der Waals surface area contributed by atoms with Crippen molar-refractivity contribution in [3.05, 3.63) is 35.4 Å². The van der Waals surface area contributed by atoms with Crippen LogP contribution < -0.4 is 10.1 Å². The minimum Gasteiger partial charge on any atom is -0.496 e. The average molecular weight is 344 g/mol. The van der Waals surface area contributed by atoms with Crippen molar-refractivity contribution in [2.24, 2.45) is 5.92 Å². The largest absolute Gasteiger partial charge is 0.496 e. The number of ether oxygens (including phenoxy) is 2. The number of carbonyl (C=O) groups excluding carboxylic acids is 1. The molecule has 0 saturated heterocycles. The number of nitrogens with one attached hydrogen (secondary N) is 1. The first-order chi connectivity index (χ1) is 11.6. The molecule has 1 heterocycles. The zero-order valence-corrected chi connectivity index (χ0v) is 14.6. The minimum atomic E-state index is -0.249. The molecule has 0 aromatic heterocycles. The van der Waals surface area contributed by atoms with Crippen molar-refractivity contribution in [3.63, 3.8) is 0 Å². The third-order valence-electron chi connectivity index (χ3n) is 4.02. The molecular formula is C18H20N2O3S. The van der Waals surface area contributed by atoms with E-state index in [9.17, 15) is 10.1 Å². The van der Waals surface area contributed by atoms with E-state index in [0.29, 0.717) is 29.3 Å². The summed E-state index contributed by atoms with van der Waals surface area (Å²) >= 11 is 5.18. The second-order valence-corrected chi connectivity index (χ2v) is 6.05. The fourth-order valence-electron chi connectivity index (χ4n) is 2.82. The van der Waals surface area contributed by atoms with Crippen LogP contribution >= 0.6 is 12.2 Å². The van der Waals surface area contributed by atoms with Gasteiger partial charge in [0.15, 0.2) is 0 Å². The Hall–Kier alpha value is -2.23. The van der Waals surface area contributed by atoms with E-state index in [1.165, 1.54) is 0 Å². The first-order valence-corrected chi connectivity index (χ1v) is 8.12. The zero-order chi connectivity index (χ0) is 17.5. The predicted octanol–water partition coefficient (Wildman–Crippen LogP) is 2.84. The topological polar surface area (TPSA) is 71.3 Å². The van der Waals surface area contributed by atoms with Crippen LogP contribution in [0.25, 0.3) is 5.57 Å². The Morgan fingerprint density at radius 2 is 2.21 bits per heavy atom. The molecule has 0 saturated carbocycles. The Labute approximate surface area is 147 Å². The Kier molecular flexibility index (Phi) is 6.47. The molecule has 1 unspecified atom stereocenters. The molecule has 0 bridgehead atoms. The van der Waals surface area contributed by atoms with E-state index in [2.05, 4.69) is 11.4 Å². The highest BCUT2D eigenvalue weighted by Gasteiger charge is 2.23. The van der Waals surface area contributed by atoms with Gasteiger partial charge in [0.05, 0.1) is 23.7 Å². The van der Waals surface area contributed by atoms with E-state index in [1.54, 1.807) is 38.5 Å². The fourth-order valence-corrected chi connectivity index (χ4v) is 3.04. The first kappa shape index (κ1) is 18.1. The summed E-state index contributed by atoms with van der Waals surface area (Å²) in [6.07, 6.45) is 3.75. The maximum Gasteiger partial charge on any atom is 0.249 e. The van der Waals surface area contributed by atoms with Crippen molar-refractivity contribution in [1.29, 1.82) is 5.26 Å². The number of benzene rings is 1. The van der Waals surface area contributed by atoms with Crippen molar-refractivity contribution in [3.8, 4) is 11.8 Å². The molecule has 1 aliphatic heterocycles. The van der Waals surface area contributed by atoms with Gasteiger partial charge < -0.3 is 14.8 Å². The lowest BCUT2D eigenvalue weighted by molar-refractivity contribution is -0.115. The van der Waals surface area contributed by atoms with E-state index in [-0.39, 0.29) is 11.8 Å². The normalized spacial score (nSPS) is 20.2. The second kappa shape index (κ2) is 8.57. The van der Waals surface area contributed by atoms with Gasteiger partial charge in [-0.3, -0.25) is 4.79 Å². The van der Waals surface area contributed by atoms with Gasteiger partial charge in [0.25, 0.3) is 0 Å². The van der Waals surface area contributed by atoms with E-state index in [1.807, 2.05) is 0 Å². The Morgan fingerprint density at radius 1 is 1.42 bits per heavy atom. The number of allylic oxidation sites excluding steroid dienone is 1. The van der Waals surface area contributed by atoms with E-state index >= 15 is 0 Å². The molecule has 1 aliphatic rings. The third-order valence-corrected chi connectivity index (χ3v) is 4.33. The van der Waals surface area contributed by atoms with Gasteiger partial charge >= 0.3 is 0 Å². The van der Waals surface area contributed by atoms with Crippen molar-refractivity contribution in [1.82, 2.24) is 5.32 Å². The average Bonchev–Trinajstić information content (AvgIpc) is 2.58. The summed E-state index contributed by atoms with van der Waals surface area (Å²) in [6, 6.07) is 7.35. The number of amides is 1. The smallest absolute Gasteiger partial charge is 0.249 e. The number of rotatable bonds is 5. The number of hydrogen-bond donors (Lipinski definition) is 1. The van der Waals surface area contributed by atoms with Crippen molar-refractivity contribution < 1.29 is 14.3 Å². The molecule has 1 N–H and O–H groups in total. The number of nitrogens with zero attached hydrogens (tertiary/aromatic N) is 1. The highest BCUT2D eigenvalue weighted by atomic mass is 32.1. The molecule has 0 spiro atoms. The van der Waals surface area contributed by atoms with Crippen LogP contribution in [0.2, 0.25) is 0 Å². The van der Waals surface area contributed by atoms with Crippen LogP contribution in [-0.4, -0.2) is 31.7 Å². The van der Waals surface area contributed by atoms with Crippen LogP contribution in [0.3, 0.4) is 0 Å². The molecule has 2 rings (SSSR count). The Morgan fingerprint density at radius 3 is 2.88 bits per heavy atom. The lowest BCUT2D eigenvalue weighted by Gasteiger charge is -2.24. The summed E-state index contributed by atoms with van der Waals surface area (Å²) in [5.74, 6) is 0.483. The Bertz CT molecular complexity index is 707. The molecule has 1 amide bonds. The number of nitriles is 1. The standard InChI is InChI=1S/C18H20N2O3S/c1-22-8-7-13-4-6-18(24)20-17(21)10-14(13)15-9-12(11-19)3-5-16(15)23-2/h3,5,9-10,13H,4,6-8H2,1-2H3,(H,20,21,24)/b14-10+. The maximum atomic E-state index is 12.2. The van der Waals surface area contributed by atoms with Crippen molar-refractivity contribution >= 4 is 28.7 Å². The molecule has 0 fully saturated rings. The number of carbonyl (C=O) groups is 1. The summed E-state index contributed by atoms with van der Waals surface area (Å²) < 4.78 is 10.7. The van der Waals surface area contributed by atoms with Gasteiger partial charge in [0, 0.05) is 25.4 Å². The summed E-state index contributed by atoms with van der Waals surface area (Å²) in [4.78, 5) is 12.7. The Balaban J connectivity index is 2.53. The maximum absolute atomic E-state index is 12.2. The first-order valence-electron chi connectivity index (χ1n) is 7.72. The summed E-state index contributed by atoms with van der Waals surface area (Å²) in [7, 11) is 3.23. The predicted molar refractivity (Wildman–Crippen MR) is 95.6 cm³/mol. The van der Waals surface area contributed by atoms with Gasteiger partial charge in [-0.2, -0.15) is 5.26 Å². The molecule has 6 heteroatoms.